The molecule has 0 aliphatic rings. The molecule has 4 aromatic rings. The molecule has 1 atom stereocenters. The van der Waals surface area contributed by atoms with Gasteiger partial charge in [-0.25, -0.2) is 14.8 Å². The van der Waals surface area contributed by atoms with Crippen LogP contribution in [0.15, 0.2) is 45.8 Å². The largest absolute Gasteiger partial charge is 0.361 e. The van der Waals surface area contributed by atoms with Gasteiger partial charge in [0.2, 0.25) is 0 Å². The molecule has 0 amide bonds. The molecule has 0 saturated carbocycles. The molecule has 0 bridgehead atoms. The van der Waals surface area contributed by atoms with E-state index in [0.717, 1.165) is 16.8 Å². The number of fused-ring (bicyclic) bond motifs is 1. The zero-order chi connectivity index (χ0) is 17.6. The molecule has 0 spiro atoms. The second-order valence-corrected chi connectivity index (χ2v) is 6.01. The molecule has 0 aliphatic carbocycles. The molecule has 0 aliphatic heterocycles. The number of H-pyrrole nitrogens is 1. The second kappa shape index (κ2) is 5.70. The van der Waals surface area contributed by atoms with Crippen LogP contribution in [0.1, 0.15) is 30.0 Å². The van der Waals surface area contributed by atoms with E-state index in [1.165, 1.54) is 0 Å². The summed E-state index contributed by atoms with van der Waals surface area (Å²) in [5.74, 6) is 0.673. The van der Waals surface area contributed by atoms with Gasteiger partial charge in [0.15, 0.2) is 11.3 Å². The Bertz CT molecular complexity index is 1090. The number of rotatable bonds is 3. The molecule has 25 heavy (non-hydrogen) atoms. The summed E-state index contributed by atoms with van der Waals surface area (Å²) in [4.78, 5) is 24.3. The quantitative estimate of drug-likeness (QED) is 0.621. The molecule has 7 heteroatoms. The van der Waals surface area contributed by atoms with Crippen molar-refractivity contribution < 1.29 is 4.52 Å². The Morgan fingerprint density at radius 3 is 2.64 bits per heavy atom. The standard InChI is InChI=1S/C18H17N5O2/c1-10-15(12(3)25-22-10)14-9-19-16-17(20-14)23(18(24)21-16)11(2)13-7-5-4-6-8-13/h4-9,11H,1-3H3,(H,19,21,24)/t11-/m0/s1. The van der Waals surface area contributed by atoms with Gasteiger partial charge >= 0.3 is 5.69 Å². The van der Waals surface area contributed by atoms with Gasteiger partial charge in [0.1, 0.15) is 5.76 Å². The van der Waals surface area contributed by atoms with Crippen molar-refractivity contribution >= 4 is 11.3 Å². The van der Waals surface area contributed by atoms with Crippen LogP contribution in [0.3, 0.4) is 0 Å². The minimum atomic E-state index is -0.234. The lowest BCUT2D eigenvalue weighted by Gasteiger charge is -2.13. The number of aryl methyl sites for hydroxylation is 2. The Balaban J connectivity index is 1.92. The molecule has 4 rings (SSSR count). The predicted octanol–water partition coefficient (Wildman–Crippen LogP) is 3.00. The smallest absolute Gasteiger partial charge is 0.329 e. The van der Waals surface area contributed by atoms with E-state index in [0.29, 0.717) is 22.7 Å². The predicted molar refractivity (Wildman–Crippen MR) is 93.4 cm³/mol. The number of imidazole rings is 1. The minimum Gasteiger partial charge on any atom is -0.361 e. The fourth-order valence-corrected chi connectivity index (χ4v) is 3.10. The molecular formula is C18H17N5O2. The monoisotopic (exact) mass is 335 g/mol. The van der Waals surface area contributed by atoms with Crippen molar-refractivity contribution in [2.45, 2.75) is 26.8 Å². The summed E-state index contributed by atoms with van der Waals surface area (Å²) >= 11 is 0. The minimum absolute atomic E-state index is 0.170. The van der Waals surface area contributed by atoms with Crippen LogP contribution < -0.4 is 5.69 Å². The van der Waals surface area contributed by atoms with E-state index in [1.807, 2.05) is 51.1 Å². The maximum absolute atomic E-state index is 12.5. The van der Waals surface area contributed by atoms with Gasteiger partial charge in [-0.1, -0.05) is 35.5 Å². The number of benzene rings is 1. The Labute approximate surface area is 143 Å². The first-order valence-corrected chi connectivity index (χ1v) is 8.01. The first kappa shape index (κ1) is 15.3. The summed E-state index contributed by atoms with van der Waals surface area (Å²) in [7, 11) is 0. The second-order valence-electron chi connectivity index (χ2n) is 6.01. The fraction of sp³-hybridized carbons (Fsp3) is 0.222. The molecule has 7 nitrogen and oxygen atoms in total. The van der Waals surface area contributed by atoms with Crippen molar-refractivity contribution in [2.75, 3.05) is 0 Å². The Morgan fingerprint density at radius 1 is 1.20 bits per heavy atom. The number of nitrogens with one attached hydrogen (secondary N) is 1. The van der Waals surface area contributed by atoms with Crippen LogP contribution in [0.2, 0.25) is 0 Å². The average molecular weight is 335 g/mol. The highest BCUT2D eigenvalue weighted by molar-refractivity contribution is 5.72. The van der Waals surface area contributed by atoms with Crippen LogP contribution in [-0.4, -0.2) is 24.7 Å². The summed E-state index contributed by atoms with van der Waals surface area (Å²) in [6.45, 7) is 5.65. The number of nitrogens with zero attached hydrogens (tertiary/aromatic N) is 4. The maximum atomic E-state index is 12.5. The molecule has 3 aromatic heterocycles. The van der Waals surface area contributed by atoms with Crippen molar-refractivity contribution in [1.29, 1.82) is 0 Å². The molecule has 1 N–H and O–H groups in total. The molecular weight excluding hydrogens is 318 g/mol. The van der Waals surface area contributed by atoms with Gasteiger partial charge in [-0.2, -0.15) is 0 Å². The highest BCUT2D eigenvalue weighted by Crippen LogP contribution is 2.26. The summed E-state index contributed by atoms with van der Waals surface area (Å²) < 4.78 is 6.84. The topological polar surface area (TPSA) is 89.6 Å². The Kier molecular flexibility index (Phi) is 3.49. The van der Waals surface area contributed by atoms with E-state index in [1.54, 1.807) is 10.8 Å². The van der Waals surface area contributed by atoms with Crippen molar-refractivity contribution in [3.05, 3.63) is 64.0 Å². The number of hydrogen-bond acceptors (Lipinski definition) is 5. The first-order chi connectivity index (χ1) is 12.1. The van der Waals surface area contributed by atoms with Crippen LogP contribution >= 0.6 is 0 Å². The molecule has 1 aromatic carbocycles. The van der Waals surface area contributed by atoms with Crippen LogP contribution in [-0.2, 0) is 0 Å². The summed E-state index contributed by atoms with van der Waals surface area (Å²) in [5.41, 5.74) is 3.95. The van der Waals surface area contributed by atoms with Crippen molar-refractivity contribution in [1.82, 2.24) is 24.7 Å². The summed E-state index contributed by atoms with van der Waals surface area (Å²) in [5, 5.41) is 3.96. The lowest BCUT2D eigenvalue weighted by Crippen LogP contribution is -2.21. The zero-order valence-corrected chi connectivity index (χ0v) is 14.1. The number of aromatic nitrogens is 5. The molecule has 3 heterocycles. The van der Waals surface area contributed by atoms with E-state index in [2.05, 4.69) is 20.1 Å². The number of hydrogen-bond donors (Lipinski definition) is 1. The van der Waals surface area contributed by atoms with E-state index in [4.69, 9.17) is 4.52 Å². The lowest BCUT2D eigenvalue weighted by atomic mass is 10.1. The van der Waals surface area contributed by atoms with E-state index in [-0.39, 0.29) is 11.7 Å². The molecule has 126 valence electrons. The van der Waals surface area contributed by atoms with E-state index >= 15 is 0 Å². The third-order valence-electron chi connectivity index (χ3n) is 4.39. The molecule has 0 radical (unpaired) electrons. The highest BCUT2D eigenvalue weighted by Gasteiger charge is 2.19. The van der Waals surface area contributed by atoms with Crippen LogP contribution in [0, 0.1) is 13.8 Å². The van der Waals surface area contributed by atoms with Gasteiger partial charge < -0.3 is 4.52 Å². The lowest BCUT2D eigenvalue weighted by molar-refractivity contribution is 0.393. The molecule has 0 saturated heterocycles. The summed E-state index contributed by atoms with van der Waals surface area (Å²) in [6, 6.07) is 9.66. The van der Waals surface area contributed by atoms with Gasteiger partial charge in [-0.3, -0.25) is 9.55 Å². The van der Waals surface area contributed by atoms with Crippen molar-refractivity contribution in [3.63, 3.8) is 0 Å². The fourth-order valence-electron chi connectivity index (χ4n) is 3.10. The first-order valence-electron chi connectivity index (χ1n) is 8.01. The van der Waals surface area contributed by atoms with Gasteiger partial charge in [0.25, 0.3) is 0 Å². The third-order valence-corrected chi connectivity index (χ3v) is 4.39. The van der Waals surface area contributed by atoms with E-state index < -0.39 is 0 Å². The highest BCUT2D eigenvalue weighted by atomic mass is 16.5. The van der Waals surface area contributed by atoms with Crippen LogP contribution in [0.4, 0.5) is 0 Å². The maximum Gasteiger partial charge on any atom is 0.329 e. The number of aromatic amines is 1. The van der Waals surface area contributed by atoms with Gasteiger partial charge in [-0.15, -0.1) is 0 Å². The van der Waals surface area contributed by atoms with Gasteiger partial charge in [0, 0.05) is 0 Å². The Morgan fingerprint density at radius 2 is 1.96 bits per heavy atom. The molecule has 0 unspecified atom stereocenters. The van der Waals surface area contributed by atoms with Crippen molar-refractivity contribution in [3.8, 4) is 11.3 Å². The average Bonchev–Trinajstić information content (AvgIpc) is 3.12. The van der Waals surface area contributed by atoms with Gasteiger partial charge in [-0.05, 0) is 26.3 Å². The van der Waals surface area contributed by atoms with Crippen LogP contribution in [0.5, 0.6) is 0 Å². The molecule has 0 fully saturated rings. The van der Waals surface area contributed by atoms with E-state index in [9.17, 15) is 4.79 Å². The Hall–Kier alpha value is -3.22. The SMILES string of the molecule is Cc1noc(C)c1-c1cnc2[nH]c(=O)n([C@@H](C)c3ccccc3)c2n1. The summed E-state index contributed by atoms with van der Waals surface area (Å²) in [6.07, 6.45) is 1.63. The van der Waals surface area contributed by atoms with Gasteiger partial charge in [0.05, 0.1) is 29.2 Å². The third kappa shape index (κ3) is 2.44. The van der Waals surface area contributed by atoms with Crippen LogP contribution in [0.25, 0.3) is 22.6 Å². The normalized spacial score (nSPS) is 12.6. The van der Waals surface area contributed by atoms with Crippen molar-refractivity contribution in [2.24, 2.45) is 0 Å². The zero-order valence-electron chi connectivity index (χ0n) is 14.1.